The van der Waals surface area contributed by atoms with E-state index in [9.17, 15) is 4.79 Å². The van der Waals surface area contributed by atoms with Crippen LogP contribution in [0.2, 0.25) is 0 Å². The quantitative estimate of drug-likeness (QED) is 0.909. The van der Waals surface area contributed by atoms with E-state index in [0.717, 1.165) is 22.9 Å². The molecule has 0 atom stereocenters. The third kappa shape index (κ3) is 3.20. The van der Waals surface area contributed by atoms with E-state index in [-0.39, 0.29) is 5.69 Å². The lowest BCUT2D eigenvalue weighted by Gasteiger charge is -1.99. The second kappa shape index (κ2) is 5.19. The van der Waals surface area contributed by atoms with Crippen molar-refractivity contribution < 1.29 is 9.90 Å². The molecule has 0 aliphatic carbocycles. The average molecular weight is 294 g/mol. The molecule has 0 saturated carbocycles. The van der Waals surface area contributed by atoms with Crippen molar-refractivity contribution in [3.63, 3.8) is 0 Å². The lowest BCUT2D eigenvalue weighted by Crippen LogP contribution is -1.95. The van der Waals surface area contributed by atoms with Gasteiger partial charge in [0.1, 0.15) is 5.69 Å². The number of carboxylic acids is 1. The van der Waals surface area contributed by atoms with E-state index >= 15 is 0 Å². The van der Waals surface area contributed by atoms with Crippen molar-refractivity contribution in [3.8, 4) is 0 Å². The molecular formula is C13H12BrNO2. The van der Waals surface area contributed by atoms with Crippen LogP contribution in [0.4, 0.5) is 0 Å². The summed E-state index contributed by atoms with van der Waals surface area (Å²) < 4.78 is 1.07. The third-order valence-electron chi connectivity index (χ3n) is 2.59. The van der Waals surface area contributed by atoms with E-state index in [0.29, 0.717) is 0 Å². The molecule has 2 N–H and O–H groups in total. The first kappa shape index (κ1) is 11.9. The molecule has 0 spiro atoms. The van der Waals surface area contributed by atoms with Gasteiger partial charge in [-0.2, -0.15) is 0 Å². The second-order valence-electron chi connectivity index (χ2n) is 3.85. The fourth-order valence-electron chi connectivity index (χ4n) is 1.65. The summed E-state index contributed by atoms with van der Waals surface area (Å²) in [7, 11) is 0. The minimum absolute atomic E-state index is 0.246. The van der Waals surface area contributed by atoms with Gasteiger partial charge in [0.15, 0.2) is 0 Å². The first-order chi connectivity index (χ1) is 8.15. The van der Waals surface area contributed by atoms with Crippen molar-refractivity contribution in [2.45, 2.75) is 12.8 Å². The molecule has 2 aromatic rings. The number of aromatic nitrogens is 1. The van der Waals surface area contributed by atoms with E-state index < -0.39 is 5.97 Å². The lowest BCUT2D eigenvalue weighted by molar-refractivity contribution is 0.0691. The standard InChI is InChI=1S/C13H12BrNO2/c14-11-5-3-9(4-6-11)1-2-10-7-12(13(16)17)15-8-10/h3-8,15H,1-2H2,(H,16,17). The first-order valence-electron chi connectivity index (χ1n) is 5.30. The highest BCUT2D eigenvalue weighted by molar-refractivity contribution is 9.10. The van der Waals surface area contributed by atoms with Gasteiger partial charge in [0, 0.05) is 10.7 Å². The fourth-order valence-corrected chi connectivity index (χ4v) is 1.91. The molecule has 0 amide bonds. The summed E-state index contributed by atoms with van der Waals surface area (Å²) in [6, 6.07) is 9.83. The van der Waals surface area contributed by atoms with Crippen LogP contribution in [0.5, 0.6) is 0 Å². The van der Waals surface area contributed by atoms with Crippen LogP contribution in [0.15, 0.2) is 41.0 Å². The molecule has 0 aliphatic heterocycles. The molecule has 88 valence electrons. The molecule has 0 fully saturated rings. The molecule has 1 aromatic heterocycles. The zero-order valence-electron chi connectivity index (χ0n) is 9.11. The maximum Gasteiger partial charge on any atom is 0.352 e. The summed E-state index contributed by atoms with van der Waals surface area (Å²) in [4.78, 5) is 13.4. The minimum atomic E-state index is -0.917. The number of H-pyrrole nitrogens is 1. The molecule has 1 heterocycles. The third-order valence-corrected chi connectivity index (χ3v) is 3.12. The monoisotopic (exact) mass is 293 g/mol. The molecule has 0 unspecified atom stereocenters. The normalized spacial score (nSPS) is 10.4. The Kier molecular flexibility index (Phi) is 3.64. The Morgan fingerprint density at radius 2 is 1.82 bits per heavy atom. The van der Waals surface area contributed by atoms with E-state index in [1.54, 1.807) is 12.3 Å². The summed E-state index contributed by atoms with van der Waals surface area (Å²) >= 11 is 3.39. The van der Waals surface area contributed by atoms with E-state index in [1.165, 1.54) is 5.56 Å². The van der Waals surface area contributed by atoms with Gasteiger partial charge in [-0.05, 0) is 42.2 Å². The SMILES string of the molecule is O=C(O)c1cc(CCc2ccc(Br)cc2)c[nH]1. The van der Waals surface area contributed by atoms with E-state index in [2.05, 4.69) is 33.0 Å². The number of aromatic amines is 1. The van der Waals surface area contributed by atoms with E-state index in [4.69, 9.17) is 5.11 Å². The molecule has 1 aromatic carbocycles. The molecule has 4 heteroatoms. The van der Waals surface area contributed by atoms with Crippen molar-refractivity contribution in [1.29, 1.82) is 0 Å². The predicted octanol–water partition coefficient (Wildman–Crippen LogP) is 3.26. The van der Waals surface area contributed by atoms with Crippen LogP contribution in [-0.4, -0.2) is 16.1 Å². The molecule has 0 aliphatic rings. The van der Waals surface area contributed by atoms with Crippen molar-refractivity contribution in [2.75, 3.05) is 0 Å². The van der Waals surface area contributed by atoms with Gasteiger partial charge >= 0.3 is 5.97 Å². The zero-order chi connectivity index (χ0) is 12.3. The van der Waals surface area contributed by atoms with E-state index in [1.807, 2.05) is 12.1 Å². The topological polar surface area (TPSA) is 53.1 Å². The van der Waals surface area contributed by atoms with Gasteiger partial charge in [-0.25, -0.2) is 4.79 Å². The highest BCUT2D eigenvalue weighted by atomic mass is 79.9. The number of hydrogen-bond donors (Lipinski definition) is 2. The predicted molar refractivity (Wildman–Crippen MR) is 69.3 cm³/mol. The van der Waals surface area contributed by atoms with Crippen molar-refractivity contribution in [1.82, 2.24) is 4.98 Å². The number of hydrogen-bond acceptors (Lipinski definition) is 1. The molecular weight excluding hydrogens is 282 g/mol. The largest absolute Gasteiger partial charge is 0.477 e. The number of benzene rings is 1. The van der Waals surface area contributed by atoms with Crippen LogP contribution in [0.3, 0.4) is 0 Å². The highest BCUT2D eigenvalue weighted by Crippen LogP contribution is 2.13. The number of aromatic carboxylic acids is 1. The van der Waals surface area contributed by atoms with Crippen molar-refractivity contribution in [2.24, 2.45) is 0 Å². The Balaban J connectivity index is 1.97. The van der Waals surface area contributed by atoms with Gasteiger partial charge in [0.05, 0.1) is 0 Å². The highest BCUT2D eigenvalue weighted by Gasteiger charge is 2.05. The van der Waals surface area contributed by atoms with Crippen LogP contribution in [-0.2, 0) is 12.8 Å². The lowest BCUT2D eigenvalue weighted by atomic mass is 10.1. The van der Waals surface area contributed by atoms with Gasteiger partial charge in [-0.1, -0.05) is 28.1 Å². The number of carboxylic acid groups (broad SMARTS) is 1. The summed E-state index contributed by atoms with van der Waals surface area (Å²) in [5.74, 6) is -0.917. The number of carbonyl (C=O) groups is 1. The van der Waals surface area contributed by atoms with Crippen LogP contribution >= 0.6 is 15.9 Å². The van der Waals surface area contributed by atoms with Crippen LogP contribution < -0.4 is 0 Å². The minimum Gasteiger partial charge on any atom is -0.477 e. The summed E-state index contributed by atoms with van der Waals surface area (Å²) in [6.45, 7) is 0. The number of halogens is 1. The Labute approximate surface area is 108 Å². The molecule has 0 radical (unpaired) electrons. The molecule has 0 bridgehead atoms. The Bertz CT molecular complexity index is 516. The van der Waals surface area contributed by atoms with Crippen molar-refractivity contribution in [3.05, 3.63) is 57.8 Å². The number of rotatable bonds is 4. The number of nitrogens with one attached hydrogen (secondary N) is 1. The summed E-state index contributed by atoms with van der Waals surface area (Å²) in [6.07, 6.45) is 3.50. The smallest absolute Gasteiger partial charge is 0.352 e. The fraction of sp³-hybridized carbons (Fsp3) is 0.154. The maximum atomic E-state index is 10.7. The van der Waals surface area contributed by atoms with Gasteiger partial charge < -0.3 is 10.1 Å². The first-order valence-corrected chi connectivity index (χ1v) is 6.09. The van der Waals surface area contributed by atoms with Gasteiger partial charge in [-0.15, -0.1) is 0 Å². The van der Waals surface area contributed by atoms with Crippen LogP contribution in [0.25, 0.3) is 0 Å². The van der Waals surface area contributed by atoms with Gasteiger partial charge in [0.25, 0.3) is 0 Å². The van der Waals surface area contributed by atoms with Gasteiger partial charge in [-0.3, -0.25) is 0 Å². The van der Waals surface area contributed by atoms with Crippen molar-refractivity contribution >= 4 is 21.9 Å². The maximum absolute atomic E-state index is 10.7. The Morgan fingerprint density at radius 3 is 2.41 bits per heavy atom. The number of aryl methyl sites for hydroxylation is 2. The Hall–Kier alpha value is -1.55. The second-order valence-corrected chi connectivity index (χ2v) is 4.77. The molecule has 3 nitrogen and oxygen atoms in total. The van der Waals surface area contributed by atoms with Crippen LogP contribution in [0.1, 0.15) is 21.6 Å². The average Bonchev–Trinajstić information content (AvgIpc) is 2.77. The Morgan fingerprint density at radius 1 is 1.18 bits per heavy atom. The molecule has 0 saturated heterocycles. The molecule has 17 heavy (non-hydrogen) atoms. The van der Waals surface area contributed by atoms with Gasteiger partial charge in [0.2, 0.25) is 0 Å². The summed E-state index contributed by atoms with van der Waals surface area (Å²) in [5, 5.41) is 8.78. The molecule has 2 rings (SSSR count). The zero-order valence-corrected chi connectivity index (χ0v) is 10.7. The summed E-state index contributed by atoms with van der Waals surface area (Å²) in [5.41, 5.74) is 2.51. The van der Waals surface area contributed by atoms with Crippen LogP contribution in [0, 0.1) is 0 Å².